The molecule has 0 spiro atoms. The first-order valence-corrected chi connectivity index (χ1v) is 12.3. The molecule has 5 rings (SSSR count). The SMILES string of the molecule is O=c1c(C2=CCC=C(F)C=C2)c(O)c2ccc(-c3ccccc3COS)cc2n1C1=CCCCC=C1. The molecule has 0 fully saturated rings. The van der Waals surface area contributed by atoms with E-state index in [2.05, 4.69) is 25.1 Å². The molecule has 0 bridgehead atoms. The van der Waals surface area contributed by atoms with E-state index in [1.165, 1.54) is 12.2 Å². The van der Waals surface area contributed by atoms with E-state index in [0.717, 1.165) is 41.6 Å². The van der Waals surface area contributed by atoms with Crippen LogP contribution in [0.15, 0.2) is 95.6 Å². The fourth-order valence-electron chi connectivity index (χ4n) is 4.77. The Morgan fingerprint density at radius 1 is 1.03 bits per heavy atom. The Morgan fingerprint density at radius 2 is 1.89 bits per heavy atom. The monoisotopic (exact) mass is 499 g/mol. The largest absolute Gasteiger partial charge is 0.506 e. The van der Waals surface area contributed by atoms with Crippen LogP contribution in [0, 0.1) is 0 Å². The highest BCUT2D eigenvalue weighted by Gasteiger charge is 2.21. The third-order valence-corrected chi connectivity index (χ3v) is 6.66. The number of pyridine rings is 1. The number of aromatic nitrogens is 1. The molecule has 2 aliphatic carbocycles. The molecule has 1 aromatic heterocycles. The molecule has 2 aromatic carbocycles. The second kappa shape index (κ2) is 10.6. The van der Waals surface area contributed by atoms with Crippen LogP contribution in [0.3, 0.4) is 0 Å². The smallest absolute Gasteiger partial charge is 0.267 e. The van der Waals surface area contributed by atoms with Gasteiger partial charge >= 0.3 is 0 Å². The molecule has 0 amide bonds. The molecule has 0 saturated heterocycles. The van der Waals surface area contributed by atoms with Gasteiger partial charge in [-0.05, 0) is 91.2 Å². The number of thiol groups is 1. The first kappa shape index (κ1) is 24.1. The molecule has 1 N–H and O–H groups in total. The average molecular weight is 500 g/mol. The molecular weight excluding hydrogens is 473 g/mol. The van der Waals surface area contributed by atoms with Crippen LogP contribution in [0.5, 0.6) is 5.75 Å². The number of nitrogens with zero attached hydrogens (tertiary/aromatic N) is 1. The van der Waals surface area contributed by atoms with Crippen LogP contribution in [0.25, 0.3) is 33.3 Å². The van der Waals surface area contributed by atoms with Gasteiger partial charge in [0.1, 0.15) is 11.6 Å². The van der Waals surface area contributed by atoms with E-state index < -0.39 is 0 Å². The maximum Gasteiger partial charge on any atom is 0.267 e. The van der Waals surface area contributed by atoms with E-state index in [1.54, 1.807) is 16.7 Å². The summed E-state index contributed by atoms with van der Waals surface area (Å²) >= 11 is 3.92. The number of aromatic hydroxyl groups is 1. The van der Waals surface area contributed by atoms with Gasteiger partial charge < -0.3 is 9.29 Å². The Balaban J connectivity index is 1.81. The van der Waals surface area contributed by atoms with Gasteiger partial charge in [-0.3, -0.25) is 9.36 Å². The van der Waals surface area contributed by atoms with Gasteiger partial charge in [0.2, 0.25) is 0 Å². The average Bonchev–Trinajstić information content (AvgIpc) is 3.28. The summed E-state index contributed by atoms with van der Waals surface area (Å²) in [6.07, 6.45) is 15.2. The van der Waals surface area contributed by atoms with Gasteiger partial charge in [0.15, 0.2) is 0 Å². The molecule has 0 atom stereocenters. The Bertz CT molecular complexity index is 1540. The molecule has 3 aromatic rings. The van der Waals surface area contributed by atoms with Crippen molar-refractivity contribution in [3.63, 3.8) is 0 Å². The minimum absolute atomic E-state index is 0.110. The molecule has 4 nitrogen and oxygen atoms in total. The summed E-state index contributed by atoms with van der Waals surface area (Å²) in [5.74, 6) is -0.481. The highest BCUT2D eigenvalue weighted by atomic mass is 32.1. The standard InChI is InChI=1S/C30H26FNO3S/c31-23-10-7-9-20(14-16-23)28-29(33)26-17-15-21(25-13-6-5-8-22(25)19-35-36)18-27(26)32(30(28)34)24-11-3-1-2-4-12-24/h3,5-6,8-18,33,36H,1-2,4,7,19H2. The van der Waals surface area contributed by atoms with E-state index in [-0.39, 0.29) is 22.7 Å². The van der Waals surface area contributed by atoms with E-state index in [0.29, 0.717) is 29.5 Å². The summed E-state index contributed by atoms with van der Waals surface area (Å²) in [7, 11) is 0. The Morgan fingerprint density at radius 3 is 2.75 bits per heavy atom. The minimum atomic E-state index is -0.371. The normalized spacial score (nSPS) is 15.8. The van der Waals surface area contributed by atoms with Crippen molar-refractivity contribution < 1.29 is 13.7 Å². The number of halogens is 1. The van der Waals surface area contributed by atoms with E-state index in [4.69, 9.17) is 4.18 Å². The van der Waals surface area contributed by atoms with Crippen molar-refractivity contribution in [3.8, 4) is 16.9 Å². The molecular formula is C30H26FNO3S. The van der Waals surface area contributed by atoms with Crippen LogP contribution in [0.1, 0.15) is 36.8 Å². The van der Waals surface area contributed by atoms with Gasteiger partial charge in [-0.25, -0.2) is 4.39 Å². The number of hydrogen-bond donors (Lipinski definition) is 2. The zero-order chi connectivity index (χ0) is 25.1. The van der Waals surface area contributed by atoms with Crippen LogP contribution in [-0.4, -0.2) is 9.67 Å². The summed E-state index contributed by atoms with van der Waals surface area (Å²) in [4.78, 5) is 14.0. The van der Waals surface area contributed by atoms with Gasteiger partial charge in [0.25, 0.3) is 5.56 Å². The Labute approximate surface area is 214 Å². The van der Waals surface area contributed by atoms with Gasteiger partial charge in [0, 0.05) is 11.1 Å². The number of fused-ring (bicyclic) bond motifs is 1. The Kier molecular flexibility index (Phi) is 7.07. The van der Waals surface area contributed by atoms with Crippen molar-refractivity contribution in [3.05, 3.63) is 112 Å². The molecule has 6 heteroatoms. The second-order valence-electron chi connectivity index (χ2n) is 8.81. The van der Waals surface area contributed by atoms with E-state index in [9.17, 15) is 14.3 Å². The lowest BCUT2D eigenvalue weighted by atomic mass is 9.96. The number of rotatable bonds is 5. The van der Waals surface area contributed by atoms with Crippen LogP contribution in [0.4, 0.5) is 4.39 Å². The van der Waals surface area contributed by atoms with Crippen LogP contribution in [-0.2, 0) is 10.8 Å². The zero-order valence-electron chi connectivity index (χ0n) is 19.7. The third-order valence-electron chi connectivity index (χ3n) is 6.53. The predicted molar refractivity (Wildman–Crippen MR) is 147 cm³/mol. The van der Waals surface area contributed by atoms with Crippen molar-refractivity contribution in [2.75, 3.05) is 0 Å². The molecule has 36 heavy (non-hydrogen) atoms. The lowest BCUT2D eigenvalue weighted by molar-refractivity contribution is 0.372. The maximum absolute atomic E-state index is 14.0. The van der Waals surface area contributed by atoms with Crippen molar-refractivity contribution in [1.82, 2.24) is 4.57 Å². The zero-order valence-corrected chi connectivity index (χ0v) is 20.5. The summed E-state index contributed by atoms with van der Waals surface area (Å²) in [5, 5.41) is 11.9. The lowest BCUT2D eigenvalue weighted by Crippen LogP contribution is -2.23. The molecule has 0 unspecified atom stereocenters. The first-order valence-electron chi connectivity index (χ1n) is 12.0. The van der Waals surface area contributed by atoms with Gasteiger partial charge in [-0.15, -0.1) is 0 Å². The summed E-state index contributed by atoms with van der Waals surface area (Å²) in [6, 6.07) is 13.5. The highest BCUT2D eigenvalue weighted by molar-refractivity contribution is 7.75. The molecule has 182 valence electrons. The molecule has 0 radical (unpaired) electrons. The quantitative estimate of drug-likeness (QED) is 0.282. The highest BCUT2D eigenvalue weighted by Crippen LogP contribution is 2.36. The third kappa shape index (κ3) is 4.62. The first-order chi connectivity index (χ1) is 17.6. The molecule has 2 aliphatic rings. The van der Waals surface area contributed by atoms with E-state index in [1.807, 2.05) is 48.5 Å². The number of hydrogen-bond acceptors (Lipinski definition) is 4. The maximum atomic E-state index is 14.0. The summed E-state index contributed by atoms with van der Waals surface area (Å²) < 4.78 is 20.6. The molecule has 1 heterocycles. The topological polar surface area (TPSA) is 51.5 Å². The van der Waals surface area contributed by atoms with Gasteiger partial charge in [0.05, 0.1) is 17.7 Å². The van der Waals surface area contributed by atoms with Crippen LogP contribution >= 0.6 is 12.9 Å². The lowest BCUT2D eigenvalue weighted by Gasteiger charge is -2.18. The van der Waals surface area contributed by atoms with Crippen molar-refractivity contribution in [1.29, 1.82) is 0 Å². The molecule has 0 saturated carbocycles. The Hall–Kier alpha value is -3.61. The minimum Gasteiger partial charge on any atom is -0.506 e. The van der Waals surface area contributed by atoms with Gasteiger partial charge in [-0.1, -0.05) is 54.6 Å². The van der Waals surface area contributed by atoms with Crippen LogP contribution in [0.2, 0.25) is 0 Å². The van der Waals surface area contributed by atoms with Crippen molar-refractivity contribution in [2.45, 2.75) is 32.3 Å². The predicted octanol–water partition coefficient (Wildman–Crippen LogP) is 7.51. The van der Waals surface area contributed by atoms with Crippen molar-refractivity contribution >= 4 is 35.1 Å². The number of benzene rings is 2. The second-order valence-corrected chi connectivity index (χ2v) is 9.06. The summed E-state index contributed by atoms with van der Waals surface area (Å²) in [5.41, 5.74) is 4.47. The van der Waals surface area contributed by atoms with Gasteiger partial charge in [-0.2, -0.15) is 0 Å². The summed E-state index contributed by atoms with van der Waals surface area (Å²) in [6.45, 7) is 0.327. The van der Waals surface area contributed by atoms with Crippen LogP contribution < -0.4 is 5.56 Å². The molecule has 0 aliphatic heterocycles. The van der Waals surface area contributed by atoms with Crippen molar-refractivity contribution in [2.24, 2.45) is 0 Å². The fourth-order valence-corrected chi connectivity index (χ4v) is 4.91. The number of allylic oxidation sites excluding steroid dienone is 10. The fraction of sp³-hybridized carbons (Fsp3) is 0.167. The van der Waals surface area contributed by atoms with E-state index >= 15 is 0 Å².